The molecule has 0 aliphatic carbocycles. The Morgan fingerprint density at radius 1 is 1.16 bits per heavy atom. The zero-order valence-electron chi connectivity index (χ0n) is 14.9. The molecule has 0 unspecified atom stereocenters. The monoisotopic (exact) mass is 342 g/mol. The largest absolute Gasteiger partial charge is 0.493 e. The maximum atomic E-state index is 12.2. The van der Waals surface area contributed by atoms with E-state index in [9.17, 15) is 9.59 Å². The topological polar surface area (TPSA) is 60.3 Å². The number of amides is 1. The van der Waals surface area contributed by atoms with Gasteiger partial charge >= 0.3 is 0 Å². The summed E-state index contributed by atoms with van der Waals surface area (Å²) in [7, 11) is 0. The van der Waals surface area contributed by atoms with E-state index >= 15 is 0 Å². The Morgan fingerprint density at radius 3 is 2.76 bits per heavy atom. The molecule has 0 fully saturated rings. The second-order valence-corrected chi connectivity index (χ2v) is 6.43. The smallest absolute Gasteiger partial charge is 0.251 e. The number of rotatable bonds is 9. The van der Waals surface area contributed by atoms with Gasteiger partial charge in [-0.1, -0.05) is 26.0 Å². The molecule has 5 heteroatoms. The molecular weight excluding hydrogens is 316 g/mol. The predicted molar refractivity (Wildman–Crippen MR) is 99.0 cm³/mol. The molecule has 1 aromatic heterocycles. The number of ether oxygens (including phenoxy) is 1. The number of unbranched alkanes of at least 4 members (excludes halogenated alkanes) is 1. The van der Waals surface area contributed by atoms with Crippen molar-refractivity contribution < 1.29 is 9.53 Å². The highest BCUT2D eigenvalue weighted by Gasteiger charge is 2.06. The number of hydrogen-bond acceptors (Lipinski definition) is 3. The first kappa shape index (κ1) is 18.8. The number of benzene rings is 1. The number of pyridine rings is 1. The number of nitrogens with one attached hydrogen (secondary N) is 1. The van der Waals surface area contributed by atoms with E-state index in [2.05, 4.69) is 19.2 Å². The second kappa shape index (κ2) is 9.67. The van der Waals surface area contributed by atoms with Crippen molar-refractivity contribution in [1.82, 2.24) is 9.88 Å². The minimum atomic E-state index is -0.105. The fourth-order valence-electron chi connectivity index (χ4n) is 2.35. The Labute approximate surface area is 148 Å². The summed E-state index contributed by atoms with van der Waals surface area (Å²) in [6, 6.07) is 12.4. The molecule has 5 nitrogen and oxygen atoms in total. The Hall–Kier alpha value is -2.56. The average molecular weight is 342 g/mol. The van der Waals surface area contributed by atoms with Crippen LogP contribution in [-0.2, 0) is 6.54 Å². The molecule has 1 heterocycles. The lowest BCUT2D eigenvalue weighted by Crippen LogP contribution is -2.25. The molecule has 0 bridgehead atoms. The van der Waals surface area contributed by atoms with Gasteiger partial charge in [0, 0.05) is 30.9 Å². The zero-order chi connectivity index (χ0) is 18.1. The summed E-state index contributed by atoms with van der Waals surface area (Å²) in [5.74, 6) is 1.05. The third-order valence-corrected chi connectivity index (χ3v) is 3.69. The Bertz CT molecular complexity index is 737. The molecule has 0 aliphatic heterocycles. The Morgan fingerprint density at radius 2 is 2.00 bits per heavy atom. The van der Waals surface area contributed by atoms with Crippen LogP contribution in [0.25, 0.3) is 0 Å². The van der Waals surface area contributed by atoms with Crippen LogP contribution in [0.1, 0.15) is 37.0 Å². The molecule has 25 heavy (non-hydrogen) atoms. The second-order valence-electron chi connectivity index (χ2n) is 6.43. The Kier molecular flexibility index (Phi) is 7.26. The molecule has 0 aliphatic rings. The molecule has 0 spiro atoms. The summed E-state index contributed by atoms with van der Waals surface area (Å²) in [6.07, 6.45) is 3.43. The summed E-state index contributed by atoms with van der Waals surface area (Å²) in [5.41, 5.74) is 0.602. The number of carbonyl (C=O) groups excluding carboxylic acids is 1. The fourth-order valence-corrected chi connectivity index (χ4v) is 2.35. The van der Waals surface area contributed by atoms with Gasteiger partial charge in [-0.3, -0.25) is 9.59 Å². The van der Waals surface area contributed by atoms with E-state index < -0.39 is 0 Å². The van der Waals surface area contributed by atoms with E-state index in [-0.39, 0.29) is 11.5 Å². The van der Waals surface area contributed by atoms with Crippen LogP contribution in [0.4, 0.5) is 0 Å². The number of aryl methyl sites for hydroxylation is 1. The van der Waals surface area contributed by atoms with Gasteiger partial charge < -0.3 is 14.6 Å². The van der Waals surface area contributed by atoms with Gasteiger partial charge in [0.15, 0.2) is 0 Å². The molecule has 1 amide bonds. The van der Waals surface area contributed by atoms with E-state index in [4.69, 9.17) is 4.74 Å². The fraction of sp³-hybridized carbons (Fsp3) is 0.400. The molecule has 0 saturated heterocycles. The summed E-state index contributed by atoms with van der Waals surface area (Å²) in [5, 5.41) is 2.91. The maximum Gasteiger partial charge on any atom is 0.251 e. The molecular formula is C20H26N2O3. The zero-order valence-corrected chi connectivity index (χ0v) is 14.9. The van der Waals surface area contributed by atoms with E-state index in [0.717, 1.165) is 12.8 Å². The van der Waals surface area contributed by atoms with Crippen molar-refractivity contribution >= 4 is 5.91 Å². The van der Waals surface area contributed by atoms with Crippen molar-refractivity contribution in [2.24, 2.45) is 5.92 Å². The van der Waals surface area contributed by atoms with Crippen molar-refractivity contribution in [3.05, 3.63) is 64.6 Å². The minimum absolute atomic E-state index is 0.00440. The highest BCUT2D eigenvalue weighted by Crippen LogP contribution is 2.14. The number of carbonyl (C=O) groups is 1. The van der Waals surface area contributed by atoms with Crippen LogP contribution >= 0.6 is 0 Å². The number of aromatic nitrogens is 1. The van der Waals surface area contributed by atoms with Gasteiger partial charge in [-0.2, -0.15) is 0 Å². The first-order valence-corrected chi connectivity index (χ1v) is 8.73. The summed E-state index contributed by atoms with van der Waals surface area (Å²) >= 11 is 0. The van der Waals surface area contributed by atoms with Crippen LogP contribution in [0.3, 0.4) is 0 Å². The molecule has 2 aromatic rings. The van der Waals surface area contributed by atoms with Gasteiger partial charge in [-0.15, -0.1) is 0 Å². The summed E-state index contributed by atoms with van der Waals surface area (Å²) in [6.45, 7) is 6.04. The molecule has 134 valence electrons. The van der Waals surface area contributed by atoms with Crippen molar-refractivity contribution in [1.29, 1.82) is 0 Å². The van der Waals surface area contributed by atoms with Gasteiger partial charge in [-0.25, -0.2) is 0 Å². The van der Waals surface area contributed by atoms with Gasteiger partial charge in [0.2, 0.25) is 5.56 Å². The number of nitrogens with zero attached hydrogens (tertiary/aromatic N) is 1. The normalized spacial score (nSPS) is 10.7. The highest BCUT2D eigenvalue weighted by molar-refractivity contribution is 5.94. The average Bonchev–Trinajstić information content (AvgIpc) is 2.61. The van der Waals surface area contributed by atoms with Crippen LogP contribution in [0.15, 0.2) is 53.5 Å². The van der Waals surface area contributed by atoms with Gasteiger partial charge in [0.05, 0.1) is 6.61 Å². The van der Waals surface area contributed by atoms with E-state index in [1.165, 1.54) is 0 Å². The highest BCUT2D eigenvalue weighted by atomic mass is 16.5. The van der Waals surface area contributed by atoms with Crippen LogP contribution in [0, 0.1) is 5.92 Å². The number of hydrogen-bond donors (Lipinski definition) is 1. The van der Waals surface area contributed by atoms with Crippen LogP contribution in [0.5, 0.6) is 5.75 Å². The van der Waals surface area contributed by atoms with Crippen molar-refractivity contribution in [2.45, 2.75) is 33.2 Å². The molecule has 0 saturated carbocycles. The van der Waals surface area contributed by atoms with Crippen LogP contribution in [-0.4, -0.2) is 23.6 Å². The third kappa shape index (κ3) is 6.45. The minimum Gasteiger partial charge on any atom is -0.493 e. The van der Waals surface area contributed by atoms with Crippen LogP contribution in [0.2, 0.25) is 0 Å². The van der Waals surface area contributed by atoms with Crippen molar-refractivity contribution in [3.63, 3.8) is 0 Å². The predicted octanol–water partition coefficient (Wildman–Crippen LogP) is 3.09. The lowest BCUT2D eigenvalue weighted by molar-refractivity contribution is 0.0952. The van der Waals surface area contributed by atoms with Gasteiger partial charge in [0.1, 0.15) is 5.75 Å². The lowest BCUT2D eigenvalue weighted by Gasteiger charge is -2.10. The first-order valence-electron chi connectivity index (χ1n) is 8.73. The van der Waals surface area contributed by atoms with E-state index in [1.807, 2.05) is 18.2 Å². The molecule has 1 N–H and O–H groups in total. The molecule has 0 radical (unpaired) electrons. The lowest BCUT2D eigenvalue weighted by atomic mass is 10.2. The Balaban J connectivity index is 1.74. The molecule has 0 atom stereocenters. The summed E-state index contributed by atoms with van der Waals surface area (Å²) in [4.78, 5) is 23.8. The van der Waals surface area contributed by atoms with Crippen LogP contribution < -0.4 is 15.6 Å². The van der Waals surface area contributed by atoms with Crippen molar-refractivity contribution in [2.75, 3.05) is 13.2 Å². The van der Waals surface area contributed by atoms with Gasteiger partial charge in [-0.05, 0) is 43.0 Å². The third-order valence-electron chi connectivity index (χ3n) is 3.69. The summed E-state index contributed by atoms with van der Waals surface area (Å²) < 4.78 is 7.33. The molecule has 1 aromatic carbocycles. The van der Waals surface area contributed by atoms with Gasteiger partial charge in [0.25, 0.3) is 5.91 Å². The SMILES string of the molecule is CC(C)COc1cccc(C(=O)NCCCCn2ccccc2=O)c1. The van der Waals surface area contributed by atoms with Crippen molar-refractivity contribution in [3.8, 4) is 5.75 Å². The molecule has 2 rings (SSSR count). The standard InChI is InChI=1S/C20H26N2O3/c1-16(2)15-25-18-9-7-8-17(14-18)20(24)21-11-4-6-13-22-12-5-3-10-19(22)23/h3,5,7-10,12,14,16H,4,6,11,13,15H2,1-2H3,(H,21,24). The maximum absolute atomic E-state index is 12.2. The van der Waals surface area contributed by atoms with E-state index in [0.29, 0.717) is 36.9 Å². The quantitative estimate of drug-likeness (QED) is 0.712. The van der Waals surface area contributed by atoms with E-state index in [1.54, 1.807) is 35.0 Å². The first-order chi connectivity index (χ1) is 12.1.